The first-order valence-corrected chi connectivity index (χ1v) is 15.3. The third-order valence-electron chi connectivity index (χ3n) is 8.68. The van der Waals surface area contributed by atoms with E-state index in [4.69, 9.17) is 9.47 Å². The maximum Gasteiger partial charge on any atom is 0.408 e. The van der Waals surface area contributed by atoms with Crippen molar-refractivity contribution < 1.29 is 33.4 Å². The molecule has 2 aliphatic heterocycles. The van der Waals surface area contributed by atoms with Crippen molar-refractivity contribution in [2.24, 2.45) is 17.3 Å². The molecule has 11 heteroatoms. The van der Waals surface area contributed by atoms with Crippen LogP contribution in [0.4, 0.5) is 4.79 Å². The SMILES string of the molecule is CC(C)(C)OC(=O)N[C@H]1COCCCCCCC[C@@H](C(=O)C(=O)NC2CC2)NC(=O)[C@@H]2[C@@H]3C(CN2C1=O)CC3(C)C. The van der Waals surface area contributed by atoms with Crippen molar-refractivity contribution in [1.82, 2.24) is 20.9 Å². The summed E-state index contributed by atoms with van der Waals surface area (Å²) in [7, 11) is 0. The number of nitrogens with one attached hydrogen (secondary N) is 3. The van der Waals surface area contributed by atoms with Gasteiger partial charge in [0.05, 0.1) is 12.6 Å². The highest BCUT2D eigenvalue weighted by Crippen LogP contribution is 2.57. The molecule has 230 valence electrons. The molecule has 0 bridgehead atoms. The number of ether oxygens (including phenoxy) is 2. The summed E-state index contributed by atoms with van der Waals surface area (Å²) in [6.45, 7) is 10.2. The number of alkyl carbamates (subject to hydrolysis) is 1. The van der Waals surface area contributed by atoms with Gasteiger partial charge in [-0.05, 0) is 70.1 Å². The second-order valence-corrected chi connectivity index (χ2v) is 13.9. The second-order valence-electron chi connectivity index (χ2n) is 13.9. The van der Waals surface area contributed by atoms with Gasteiger partial charge in [-0.1, -0.05) is 39.5 Å². The highest BCUT2D eigenvalue weighted by atomic mass is 16.6. The van der Waals surface area contributed by atoms with Gasteiger partial charge in [0, 0.05) is 19.2 Å². The molecule has 3 N–H and O–H groups in total. The van der Waals surface area contributed by atoms with E-state index in [1.54, 1.807) is 25.7 Å². The largest absolute Gasteiger partial charge is 0.444 e. The number of rotatable bonds is 4. The van der Waals surface area contributed by atoms with Gasteiger partial charge in [-0.15, -0.1) is 0 Å². The van der Waals surface area contributed by atoms with Crippen molar-refractivity contribution in [1.29, 1.82) is 0 Å². The van der Waals surface area contributed by atoms with Crippen LogP contribution in [0.15, 0.2) is 0 Å². The van der Waals surface area contributed by atoms with Crippen molar-refractivity contribution in [3.63, 3.8) is 0 Å². The second kappa shape index (κ2) is 12.7. The summed E-state index contributed by atoms with van der Waals surface area (Å²) in [5, 5.41) is 8.31. The lowest BCUT2D eigenvalue weighted by atomic mass is 9.55. The van der Waals surface area contributed by atoms with Crippen LogP contribution in [0.25, 0.3) is 0 Å². The van der Waals surface area contributed by atoms with E-state index in [-0.39, 0.29) is 29.9 Å². The van der Waals surface area contributed by atoms with Crippen LogP contribution in [0, 0.1) is 17.3 Å². The Bertz CT molecular complexity index is 1020. The molecule has 4 fully saturated rings. The number of fused-ring (bicyclic) bond motifs is 3. The summed E-state index contributed by atoms with van der Waals surface area (Å²) < 4.78 is 11.3. The number of hydrogen-bond acceptors (Lipinski definition) is 7. The summed E-state index contributed by atoms with van der Waals surface area (Å²) in [5.41, 5.74) is -0.936. The van der Waals surface area contributed by atoms with Gasteiger partial charge in [0.15, 0.2) is 0 Å². The predicted octanol–water partition coefficient (Wildman–Crippen LogP) is 2.46. The molecule has 2 heterocycles. The van der Waals surface area contributed by atoms with E-state index < -0.39 is 53.3 Å². The Hall–Kier alpha value is -2.69. The summed E-state index contributed by atoms with van der Waals surface area (Å²) >= 11 is 0. The summed E-state index contributed by atoms with van der Waals surface area (Å²) in [6, 6.07) is -2.78. The zero-order valence-corrected chi connectivity index (χ0v) is 25.3. The fourth-order valence-corrected chi connectivity index (χ4v) is 6.65. The van der Waals surface area contributed by atoms with Gasteiger partial charge in [0.1, 0.15) is 17.7 Å². The number of carbonyl (C=O) groups excluding carboxylic acids is 5. The van der Waals surface area contributed by atoms with Crippen LogP contribution in [0.2, 0.25) is 0 Å². The van der Waals surface area contributed by atoms with E-state index in [1.165, 1.54) is 0 Å². The first kappa shape index (κ1) is 31.3. The van der Waals surface area contributed by atoms with Crippen molar-refractivity contribution in [2.45, 2.75) is 122 Å². The predicted molar refractivity (Wildman–Crippen MR) is 151 cm³/mol. The van der Waals surface area contributed by atoms with E-state index >= 15 is 0 Å². The number of hydrogen-bond donors (Lipinski definition) is 3. The Morgan fingerprint density at radius 2 is 1.68 bits per heavy atom. The van der Waals surface area contributed by atoms with Crippen molar-refractivity contribution in [3.8, 4) is 0 Å². The molecule has 41 heavy (non-hydrogen) atoms. The number of nitrogens with zero attached hydrogens (tertiary/aromatic N) is 1. The zero-order chi connectivity index (χ0) is 29.9. The van der Waals surface area contributed by atoms with Crippen molar-refractivity contribution in [2.75, 3.05) is 19.8 Å². The monoisotopic (exact) mass is 576 g/mol. The molecule has 5 atom stereocenters. The molecular weight excluding hydrogens is 528 g/mol. The van der Waals surface area contributed by atoms with E-state index in [0.717, 1.165) is 44.9 Å². The molecule has 1 unspecified atom stereocenters. The topological polar surface area (TPSA) is 143 Å². The molecule has 0 aromatic rings. The van der Waals surface area contributed by atoms with Gasteiger partial charge >= 0.3 is 6.09 Å². The maximum absolute atomic E-state index is 14.0. The van der Waals surface area contributed by atoms with Gasteiger partial charge in [-0.25, -0.2) is 4.79 Å². The van der Waals surface area contributed by atoms with Gasteiger partial charge in [0.25, 0.3) is 5.91 Å². The van der Waals surface area contributed by atoms with Crippen molar-refractivity contribution >= 4 is 29.6 Å². The lowest BCUT2D eigenvalue weighted by molar-refractivity contribution is -0.145. The number of Topliss-reactive ketones (excluding diaryl/α,β-unsaturated/α-hetero) is 1. The number of ketones is 1. The third kappa shape index (κ3) is 7.99. The summed E-state index contributed by atoms with van der Waals surface area (Å²) in [5.74, 6) is -2.12. The Labute approximate surface area is 243 Å². The van der Waals surface area contributed by atoms with Crippen LogP contribution < -0.4 is 16.0 Å². The Kier molecular flexibility index (Phi) is 9.66. The molecule has 11 nitrogen and oxygen atoms in total. The molecule has 0 aromatic carbocycles. The first-order chi connectivity index (χ1) is 19.3. The smallest absolute Gasteiger partial charge is 0.408 e. The minimum atomic E-state index is -1.03. The average Bonchev–Trinajstić information content (AvgIpc) is 3.62. The highest BCUT2D eigenvalue weighted by molar-refractivity contribution is 6.38. The van der Waals surface area contributed by atoms with E-state index in [9.17, 15) is 24.0 Å². The quantitative estimate of drug-likeness (QED) is 0.436. The molecule has 0 radical (unpaired) electrons. The minimum Gasteiger partial charge on any atom is -0.444 e. The Balaban J connectivity index is 1.58. The molecule has 0 spiro atoms. The average molecular weight is 577 g/mol. The van der Waals surface area contributed by atoms with Crippen LogP contribution >= 0.6 is 0 Å². The van der Waals surface area contributed by atoms with E-state index in [0.29, 0.717) is 26.0 Å². The van der Waals surface area contributed by atoms with Crippen LogP contribution in [0.3, 0.4) is 0 Å². The molecule has 4 amide bonds. The number of carbonyl (C=O) groups is 5. The molecular formula is C30H48N4O7. The summed E-state index contributed by atoms with van der Waals surface area (Å²) in [4.78, 5) is 68.1. The lowest BCUT2D eigenvalue weighted by Crippen LogP contribution is -2.60. The molecule has 2 saturated heterocycles. The normalized spacial score (nSPS) is 31.1. The summed E-state index contributed by atoms with van der Waals surface area (Å²) in [6.07, 6.45) is 6.37. The van der Waals surface area contributed by atoms with Crippen LogP contribution in [-0.2, 0) is 28.7 Å². The standard InChI is InChI=1S/C30H48N4O7/c1-29(2,3)41-28(39)33-21-17-40-14-10-8-6-7-9-11-20(24(35)26(37)31-19-12-13-19)32-25(36)23-22-18(15-30(22,4)5)16-34(23)27(21)38/h18-23H,6-17H2,1-5H3,(H,31,37)(H,32,36)(H,33,39)/t18?,20-,21-,22-,23-/m0/s1. The van der Waals surface area contributed by atoms with Gasteiger partial charge in [-0.2, -0.15) is 0 Å². The highest BCUT2D eigenvalue weighted by Gasteiger charge is 2.61. The zero-order valence-electron chi connectivity index (χ0n) is 25.3. The fraction of sp³-hybridized carbons (Fsp3) is 0.833. The molecule has 4 aliphatic rings. The van der Waals surface area contributed by atoms with Gasteiger partial charge < -0.3 is 30.3 Å². The Morgan fingerprint density at radius 1 is 1.00 bits per heavy atom. The minimum absolute atomic E-state index is 0.0319. The van der Waals surface area contributed by atoms with Gasteiger partial charge in [0.2, 0.25) is 17.6 Å². The Morgan fingerprint density at radius 3 is 2.34 bits per heavy atom. The molecule has 2 aliphatic carbocycles. The van der Waals surface area contributed by atoms with Crippen molar-refractivity contribution in [3.05, 3.63) is 0 Å². The number of amides is 4. The molecule has 0 aromatic heterocycles. The fourth-order valence-electron chi connectivity index (χ4n) is 6.65. The van der Waals surface area contributed by atoms with Crippen LogP contribution in [0.5, 0.6) is 0 Å². The van der Waals surface area contributed by atoms with Crippen LogP contribution in [0.1, 0.15) is 92.4 Å². The van der Waals surface area contributed by atoms with Gasteiger partial charge in [-0.3, -0.25) is 19.2 Å². The molecule has 4 rings (SSSR count). The third-order valence-corrected chi connectivity index (χ3v) is 8.68. The first-order valence-electron chi connectivity index (χ1n) is 15.3. The van der Waals surface area contributed by atoms with E-state index in [2.05, 4.69) is 29.8 Å². The van der Waals surface area contributed by atoms with E-state index in [1.807, 2.05) is 0 Å². The lowest BCUT2D eigenvalue weighted by Gasteiger charge is -2.49. The molecule has 2 saturated carbocycles. The van der Waals surface area contributed by atoms with Crippen LogP contribution in [-0.4, -0.2) is 84.0 Å². The maximum atomic E-state index is 14.0.